The zero-order valence-corrected chi connectivity index (χ0v) is 19.3. The van der Waals surface area contributed by atoms with Gasteiger partial charge in [-0.15, -0.1) is 0 Å². The zero-order chi connectivity index (χ0) is 22.9. The predicted octanol–water partition coefficient (Wildman–Crippen LogP) is 6.34. The molecule has 1 aliphatic carbocycles. The smallest absolute Gasteiger partial charge is 0.163 e. The van der Waals surface area contributed by atoms with Gasteiger partial charge in [0, 0.05) is 22.7 Å². The van der Waals surface area contributed by atoms with E-state index in [1.807, 2.05) is 66.7 Å². The number of ether oxygens (including phenoxy) is 2. The molecule has 5 nitrogen and oxygen atoms in total. The van der Waals surface area contributed by atoms with Crippen molar-refractivity contribution in [2.24, 2.45) is 0 Å². The molecule has 168 valence electrons. The molecule has 3 aromatic rings. The Morgan fingerprint density at radius 1 is 0.848 bits per heavy atom. The van der Waals surface area contributed by atoms with E-state index in [-0.39, 0.29) is 17.7 Å². The van der Waals surface area contributed by atoms with Gasteiger partial charge >= 0.3 is 0 Å². The number of fused-ring (bicyclic) bond motifs is 1. The molecule has 0 spiro atoms. The summed E-state index contributed by atoms with van der Waals surface area (Å²) < 4.78 is 10.9. The summed E-state index contributed by atoms with van der Waals surface area (Å²) in [6, 6.07) is 21.3. The minimum atomic E-state index is -0.311. The quantitative estimate of drug-likeness (QED) is 0.476. The lowest BCUT2D eigenvalue weighted by atomic mass is 9.78. The van der Waals surface area contributed by atoms with E-state index in [0.717, 1.165) is 40.2 Å². The van der Waals surface area contributed by atoms with Gasteiger partial charge in [0.25, 0.3) is 0 Å². The molecule has 1 aliphatic heterocycles. The molecular weight excluding hydrogens is 436 g/mol. The number of carbonyl (C=O) groups excluding carboxylic acids is 1. The molecule has 0 bridgehead atoms. The van der Waals surface area contributed by atoms with E-state index in [2.05, 4.69) is 10.6 Å². The van der Waals surface area contributed by atoms with Crippen molar-refractivity contribution in [3.63, 3.8) is 0 Å². The molecule has 2 aliphatic rings. The topological polar surface area (TPSA) is 59.6 Å². The van der Waals surface area contributed by atoms with Gasteiger partial charge in [-0.05, 0) is 59.9 Å². The van der Waals surface area contributed by atoms with E-state index in [0.29, 0.717) is 22.9 Å². The van der Waals surface area contributed by atoms with Crippen molar-refractivity contribution in [1.29, 1.82) is 0 Å². The van der Waals surface area contributed by atoms with Gasteiger partial charge in [-0.3, -0.25) is 4.79 Å². The van der Waals surface area contributed by atoms with E-state index >= 15 is 0 Å². The molecule has 5 rings (SSSR count). The first-order valence-corrected chi connectivity index (χ1v) is 11.3. The normalized spacial score (nSPS) is 19.5. The van der Waals surface area contributed by atoms with Crippen molar-refractivity contribution in [2.75, 3.05) is 24.9 Å². The van der Waals surface area contributed by atoms with Crippen molar-refractivity contribution in [3.8, 4) is 11.5 Å². The van der Waals surface area contributed by atoms with Crippen LogP contribution in [0.15, 0.2) is 78.0 Å². The van der Waals surface area contributed by atoms with Crippen LogP contribution >= 0.6 is 11.6 Å². The van der Waals surface area contributed by atoms with Crippen molar-refractivity contribution in [2.45, 2.75) is 24.8 Å². The molecule has 0 saturated heterocycles. The molecule has 0 radical (unpaired) electrons. The Morgan fingerprint density at radius 3 is 2.27 bits per heavy atom. The van der Waals surface area contributed by atoms with Crippen LogP contribution in [0, 0.1) is 0 Å². The number of allylic oxidation sites excluding steroid dienone is 1. The molecular formula is C27H25ClN2O3. The minimum absolute atomic E-state index is 0.0948. The number of halogens is 1. The van der Waals surface area contributed by atoms with Crippen LogP contribution in [0.25, 0.3) is 0 Å². The average molecular weight is 461 g/mol. The Kier molecular flexibility index (Phi) is 5.73. The largest absolute Gasteiger partial charge is 0.493 e. The summed E-state index contributed by atoms with van der Waals surface area (Å²) >= 11 is 6.08. The molecule has 0 aromatic heterocycles. The predicted molar refractivity (Wildman–Crippen MR) is 131 cm³/mol. The van der Waals surface area contributed by atoms with Gasteiger partial charge in [0.2, 0.25) is 0 Å². The molecule has 3 aromatic carbocycles. The standard InChI is InChI=1S/C27H25ClN2O3/c1-32-24-12-9-17(15-25(24)33-2)27-26-22(29-20-5-3-4-6-21(20)30-27)13-18(14-23(26)31)16-7-10-19(28)11-8-16/h3-12,15,18,27,29-30H,13-14H2,1-2H3. The first-order chi connectivity index (χ1) is 16.1. The summed E-state index contributed by atoms with van der Waals surface area (Å²) in [4.78, 5) is 13.6. The third-order valence-corrected chi connectivity index (χ3v) is 6.64. The fourth-order valence-corrected chi connectivity index (χ4v) is 4.87. The zero-order valence-electron chi connectivity index (χ0n) is 18.5. The van der Waals surface area contributed by atoms with Crippen molar-refractivity contribution >= 4 is 28.8 Å². The van der Waals surface area contributed by atoms with Crippen molar-refractivity contribution in [3.05, 3.63) is 94.1 Å². The highest BCUT2D eigenvalue weighted by Crippen LogP contribution is 2.45. The van der Waals surface area contributed by atoms with Crippen molar-refractivity contribution < 1.29 is 14.3 Å². The van der Waals surface area contributed by atoms with Crippen LogP contribution < -0.4 is 20.1 Å². The van der Waals surface area contributed by atoms with E-state index in [9.17, 15) is 4.79 Å². The monoisotopic (exact) mass is 460 g/mol. The van der Waals surface area contributed by atoms with Crippen LogP contribution in [0.5, 0.6) is 11.5 Å². The molecule has 0 saturated carbocycles. The minimum Gasteiger partial charge on any atom is -0.493 e. The highest BCUT2D eigenvalue weighted by Gasteiger charge is 2.36. The number of methoxy groups -OCH3 is 2. The van der Waals surface area contributed by atoms with Gasteiger partial charge in [0.15, 0.2) is 17.3 Å². The number of anilines is 2. The third kappa shape index (κ3) is 4.05. The number of hydrogen-bond donors (Lipinski definition) is 2. The Balaban J connectivity index is 1.61. The lowest BCUT2D eigenvalue weighted by Crippen LogP contribution is -2.26. The van der Waals surface area contributed by atoms with Gasteiger partial charge in [-0.25, -0.2) is 0 Å². The molecule has 0 amide bonds. The molecule has 1 heterocycles. The number of nitrogens with one attached hydrogen (secondary N) is 2. The van der Waals surface area contributed by atoms with E-state index in [1.165, 1.54) is 0 Å². The van der Waals surface area contributed by atoms with Gasteiger partial charge in [0.05, 0.1) is 31.6 Å². The molecule has 2 atom stereocenters. The fourth-order valence-electron chi connectivity index (χ4n) is 4.75. The number of ketones is 1. The van der Waals surface area contributed by atoms with E-state index < -0.39 is 0 Å². The average Bonchev–Trinajstić information content (AvgIpc) is 3.01. The first kappa shape index (κ1) is 21.4. The van der Waals surface area contributed by atoms with Gasteiger partial charge < -0.3 is 20.1 Å². The van der Waals surface area contributed by atoms with Gasteiger partial charge in [-0.2, -0.15) is 0 Å². The van der Waals surface area contributed by atoms with Crippen LogP contribution in [-0.4, -0.2) is 20.0 Å². The molecule has 0 fully saturated rings. The maximum absolute atomic E-state index is 13.6. The third-order valence-electron chi connectivity index (χ3n) is 6.39. The lowest BCUT2D eigenvalue weighted by Gasteiger charge is -2.30. The van der Waals surface area contributed by atoms with Crippen LogP contribution in [0.2, 0.25) is 5.02 Å². The Morgan fingerprint density at radius 2 is 1.55 bits per heavy atom. The molecule has 6 heteroatoms. The fraction of sp³-hybridized carbons (Fsp3) is 0.222. The van der Waals surface area contributed by atoms with Crippen LogP contribution in [0.1, 0.15) is 35.9 Å². The second-order valence-electron chi connectivity index (χ2n) is 8.33. The Bertz CT molecular complexity index is 1240. The summed E-state index contributed by atoms with van der Waals surface area (Å²) in [5, 5.41) is 7.86. The summed E-state index contributed by atoms with van der Waals surface area (Å²) in [6.45, 7) is 0. The van der Waals surface area contributed by atoms with Crippen molar-refractivity contribution in [1.82, 2.24) is 0 Å². The number of para-hydroxylation sites is 2. The SMILES string of the molecule is COc1ccc(C2Nc3ccccc3NC3=C2C(=O)CC(c2ccc(Cl)cc2)C3)cc1OC. The van der Waals surface area contributed by atoms with Gasteiger partial charge in [0.1, 0.15) is 0 Å². The summed E-state index contributed by atoms with van der Waals surface area (Å²) in [7, 11) is 3.23. The number of benzene rings is 3. The maximum atomic E-state index is 13.6. The molecule has 2 N–H and O–H groups in total. The highest BCUT2D eigenvalue weighted by atomic mass is 35.5. The van der Waals surface area contributed by atoms with Gasteiger partial charge in [-0.1, -0.05) is 41.9 Å². The maximum Gasteiger partial charge on any atom is 0.163 e. The summed E-state index contributed by atoms with van der Waals surface area (Å²) in [5.74, 6) is 1.51. The van der Waals surface area contributed by atoms with E-state index in [1.54, 1.807) is 14.2 Å². The Hall–Kier alpha value is -3.44. The number of hydrogen-bond acceptors (Lipinski definition) is 5. The number of rotatable bonds is 4. The summed E-state index contributed by atoms with van der Waals surface area (Å²) in [6.07, 6.45) is 1.19. The number of carbonyl (C=O) groups is 1. The van der Waals surface area contributed by atoms with Crippen LogP contribution in [-0.2, 0) is 4.79 Å². The lowest BCUT2D eigenvalue weighted by molar-refractivity contribution is -0.116. The number of Topliss-reactive ketones (excluding diaryl/α,β-unsaturated/α-hetero) is 1. The van der Waals surface area contributed by atoms with Crippen LogP contribution in [0.3, 0.4) is 0 Å². The highest BCUT2D eigenvalue weighted by molar-refractivity contribution is 6.30. The second-order valence-corrected chi connectivity index (χ2v) is 8.77. The van der Waals surface area contributed by atoms with E-state index in [4.69, 9.17) is 21.1 Å². The second kappa shape index (κ2) is 8.83. The van der Waals surface area contributed by atoms with Crippen LogP contribution in [0.4, 0.5) is 11.4 Å². The molecule has 2 unspecified atom stereocenters. The Labute approximate surface area is 198 Å². The molecule has 33 heavy (non-hydrogen) atoms. The summed E-state index contributed by atoms with van der Waals surface area (Å²) in [5.41, 5.74) is 5.68. The first-order valence-electron chi connectivity index (χ1n) is 10.9.